The Labute approximate surface area is 120 Å². The molecule has 0 amide bonds. The standard InChI is InChI=1S/C15H14F3NO2/c1-8(21-9-3-4-10(16)12(19)7-9)14-13(20-2)6-5-11(17)15(14)18/h3-8H,19H2,1-2H3. The van der Waals surface area contributed by atoms with E-state index in [0.717, 1.165) is 12.1 Å². The first-order valence-corrected chi connectivity index (χ1v) is 6.17. The van der Waals surface area contributed by atoms with Gasteiger partial charge in [0.1, 0.15) is 23.4 Å². The summed E-state index contributed by atoms with van der Waals surface area (Å²) in [4.78, 5) is 0. The molecule has 0 saturated carbocycles. The van der Waals surface area contributed by atoms with Crippen LogP contribution in [0.4, 0.5) is 18.9 Å². The first-order valence-electron chi connectivity index (χ1n) is 6.17. The van der Waals surface area contributed by atoms with Crippen LogP contribution in [0.1, 0.15) is 18.6 Å². The summed E-state index contributed by atoms with van der Waals surface area (Å²) in [6, 6.07) is 6.05. The van der Waals surface area contributed by atoms with Crippen LogP contribution in [-0.2, 0) is 0 Å². The zero-order chi connectivity index (χ0) is 15.6. The predicted octanol–water partition coefficient (Wildman–Crippen LogP) is 3.83. The number of nitrogen functional groups attached to an aromatic ring is 1. The third-order valence-electron chi connectivity index (χ3n) is 3.00. The van der Waals surface area contributed by atoms with Crippen LogP contribution in [0.2, 0.25) is 0 Å². The molecule has 0 spiro atoms. The van der Waals surface area contributed by atoms with Gasteiger partial charge in [-0.25, -0.2) is 13.2 Å². The quantitative estimate of drug-likeness (QED) is 0.872. The fourth-order valence-electron chi connectivity index (χ4n) is 1.96. The molecule has 2 aromatic carbocycles. The fraction of sp³-hybridized carbons (Fsp3) is 0.200. The van der Waals surface area contributed by atoms with Crippen molar-refractivity contribution in [2.75, 3.05) is 12.8 Å². The predicted molar refractivity (Wildman–Crippen MR) is 72.8 cm³/mol. The topological polar surface area (TPSA) is 44.5 Å². The van der Waals surface area contributed by atoms with E-state index in [9.17, 15) is 13.2 Å². The molecule has 0 aliphatic carbocycles. The van der Waals surface area contributed by atoms with Crippen LogP contribution in [0.3, 0.4) is 0 Å². The number of ether oxygens (including phenoxy) is 2. The van der Waals surface area contributed by atoms with Gasteiger partial charge in [-0.2, -0.15) is 0 Å². The van der Waals surface area contributed by atoms with E-state index in [0.29, 0.717) is 0 Å². The largest absolute Gasteiger partial charge is 0.496 e. The van der Waals surface area contributed by atoms with E-state index < -0.39 is 23.6 Å². The van der Waals surface area contributed by atoms with E-state index in [2.05, 4.69) is 0 Å². The van der Waals surface area contributed by atoms with Gasteiger partial charge in [0, 0.05) is 6.07 Å². The van der Waals surface area contributed by atoms with Crippen molar-refractivity contribution in [3.05, 3.63) is 53.3 Å². The van der Waals surface area contributed by atoms with Gasteiger partial charge in [-0.3, -0.25) is 0 Å². The molecule has 0 fully saturated rings. The summed E-state index contributed by atoms with van der Waals surface area (Å²) >= 11 is 0. The Morgan fingerprint density at radius 2 is 1.71 bits per heavy atom. The van der Waals surface area contributed by atoms with Crippen molar-refractivity contribution in [2.45, 2.75) is 13.0 Å². The lowest BCUT2D eigenvalue weighted by Crippen LogP contribution is -2.09. The Morgan fingerprint density at radius 3 is 2.33 bits per heavy atom. The minimum Gasteiger partial charge on any atom is -0.496 e. The minimum absolute atomic E-state index is 0.0552. The summed E-state index contributed by atoms with van der Waals surface area (Å²) in [5.74, 6) is -2.22. The molecule has 2 rings (SSSR count). The van der Waals surface area contributed by atoms with Gasteiger partial charge < -0.3 is 15.2 Å². The highest BCUT2D eigenvalue weighted by Gasteiger charge is 2.21. The molecular formula is C15H14F3NO2. The summed E-state index contributed by atoms with van der Waals surface area (Å²) in [5.41, 5.74) is 5.28. The molecule has 0 aliphatic heterocycles. The lowest BCUT2D eigenvalue weighted by atomic mass is 10.1. The van der Waals surface area contributed by atoms with Crippen LogP contribution >= 0.6 is 0 Å². The van der Waals surface area contributed by atoms with Crippen LogP contribution in [0, 0.1) is 17.5 Å². The summed E-state index contributed by atoms with van der Waals surface area (Å²) in [6.45, 7) is 1.53. The molecule has 6 heteroatoms. The van der Waals surface area contributed by atoms with Crippen molar-refractivity contribution >= 4 is 5.69 Å². The monoisotopic (exact) mass is 297 g/mol. The Morgan fingerprint density at radius 1 is 1.05 bits per heavy atom. The Kier molecular flexibility index (Phi) is 4.26. The first-order chi connectivity index (χ1) is 9.93. The average Bonchev–Trinajstić information content (AvgIpc) is 2.45. The third kappa shape index (κ3) is 3.04. The number of hydrogen-bond acceptors (Lipinski definition) is 3. The van der Waals surface area contributed by atoms with Crippen LogP contribution in [0.5, 0.6) is 11.5 Å². The molecule has 0 heterocycles. The first kappa shape index (κ1) is 15.0. The SMILES string of the molecule is COc1ccc(F)c(F)c1C(C)Oc1ccc(F)c(N)c1. The summed E-state index contributed by atoms with van der Waals surface area (Å²) in [7, 11) is 1.35. The van der Waals surface area contributed by atoms with E-state index in [-0.39, 0.29) is 22.7 Å². The molecule has 112 valence electrons. The molecule has 21 heavy (non-hydrogen) atoms. The van der Waals surface area contributed by atoms with Gasteiger partial charge in [0.2, 0.25) is 0 Å². The molecule has 2 aromatic rings. The molecule has 3 nitrogen and oxygen atoms in total. The number of hydrogen-bond donors (Lipinski definition) is 1. The highest BCUT2D eigenvalue weighted by Crippen LogP contribution is 2.33. The van der Waals surface area contributed by atoms with Crippen molar-refractivity contribution in [2.24, 2.45) is 0 Å². The highest BCUT2D eigenvalue weighted by molar-refractivity contribution is 5.46. The van der Waals surface area contributed by atoms with Crippen molar-refractivity contribution in [1.82, 2.24) is 0 Å². The van der Waals surface area contributed by atoms with Gasteiger partial charge in [-0.1, -0.05) is 0 Å². The zero-order valence-corrected chi connectivity index (χ0v) is 11.5. The van der Waals surface area contributed by atoms with Gasteiger partial charge in [-0.05, 0) is 31.2 Å². The Bertz CT molecular complexity index is 662. The van der Waals surface area contributed by atoms with Gasteiger partial charge >= 0.3 is 0 Å². The second-order valence-corrected chi connectivity index (χ2v) is 4.42. The van der Waals surface area contributed by atoms with Crippen molar-refractivity contribution in [3.63, 3.8) is 0 Å². The average molecular weight is 297 g/mol. The van der Waals surface area contributed by atoms with Crippen LogP contribution in [-0.4, -0.2) is 7.11 Å². The van der Waals surface area contributed by atoms with Crippen molar-refractivity contribution in [3.8, 4) is 11.5 Å². The minimum atomic E-state index is -1.04. The zero-order valence-electron chi connectivity index (χ0n) is 11.5. The van der Waals surface area contributed by atoms with Gasteiger partial charge in [0.05, 0.1) is 18.4 Å². The number of benzene rings is 2. The van der Waals surface area contributed by atoms with E-state index in [1.54, 1.807) is 0 Å². The Hall–Kier alpha value is -2.37. The van der Waals surface area contributed by atoms with E-state index in [4.69, 9.17) is 15.2 Å². The second kappa shape index (κ2) is 5.95. The molecule has 0 aromatic heterocycles. The lowest BCUT2D eigenvalue weighted by molar-refractivity contribution is 0.213. The number of anilines is 1. The summed E-state index contributed by atoms with van der Waals surface area (Å²) in [6.07, 6.45) is -0.847. The number of rotatable bonds is 4. The van der Waals surface area contributed by atoms with Gasteiger partial charge in [-0.15, -0.1) is 0 Å². The molecular weight excluding hydrogens is 283 g/mol. The number of halogens is 3. The highest BCUT2D eigenvalue weighted by atomic mass is 19.2. The molecule has 0 aliphatic rings. The molecule has 1 atom stereocenters. The molecule has 2 N–H and O–H groups in total. The maximum absolute atomic E-state index is 13.9. The molecule has 0 radical (unpaired) electrons. The van der Waals surface area contributed by atoms with E-state index in [1.807, 2.05) is 0 Å². The van der Waals surface area contributed by atoms with Gasteiger partial charge in [0.15, 0.2) is 11.6 Å². The normalized spacial score (nSPS) is 12.0. The number of methoxy groups -OCH3 is 1. The molecule has 0 bridgehead atoms. The second-order valence-electron chi connectivity index (χ2n) is 4.42. The van der Waals surface area contributed by atoms with Gasteiger partial charge in [0.25, 0.3) is 0 Å². The number of nitrogens with two attached hydrogens (primary N) is 1. The van der Waals surface area contributed by atoms with E-state index >= 15 is 0 Å². The molecule has 1 unspecified atom stereocenters. The van der Waals surface area contributed by atoms with Crippen LogP contribution in [0.25, 0.3) is 0 Å². The van der Waals surface area contributed by atoms with Crippen molar-refractivity contribution < 1.29 is 22.6 Å². The van der Waals surface area contributed by atoms with E-state index in [1.165, 1.54) is 32.2 Å². The van der Waals surface area contributed by atoms with Crippen molar-refractivity contribution in [1.29, 1.82) is 0 Å². The lowest BCUT2D eigenvalue weighted by Gasteiger charge is -2.19. The summed E-state index contributed by atoms with van der Waals surface area (Å²) < 4.78 is 50.9. The third-order valence-corrected chi connectivity index (χ3v) is 3.00. The van der Waals surface area contributed by atoms with Crippen LogP contribution in [0.15, 0.2) is 30.3 Å². The maximum atomic E-state index is 13.9. The smallest absolute Gasteiger partial charge is 0.169 e. The van der Waals surface area contributed by atoms with Crippen LogP contribution < -0.4 is 15.2 Å². The summed E-state index contributed by atoms with van der Waals surface area (Å²) in [5, 5.41) is 0. The molecule has 0 saturated heterocycles. The maximum Gasteiger partial charge on any atom is 0.169 e. The Balaban J connectivity index is 2.33. The fourth-order valence-corrected chi connectivity index (χ4v) is 1.96.